The molecule has 0 bridgehead atoms. The van der Waals surface area contributed by atoms with Crippen LogP contribution >= 0.6 is 0 Å². The van der Waals surface area contributed by atoms with Crippen LogP contribution in [0.1, 0.15) is 27.1 Å². The van der Waals surface area contributed by atoms with Crippen molar-refractivity contribution in [1.29, 1.82) is 0 Å². The highest BCUT2D eigenvalue weighted by Crippen LogP contribution is 2.04. The summed E-state index contributed by atoms with van der Waals surface area (Å²) in [6.07, 6.45) is -4.38. The van der Waals surface area contributed by atoms with Crippen LogP contribution in [0.5, 0.6) is 0 Å². The molecule has 0 aliphatic rings. The first kappa shape index (κ1) is 3.81. The van der Waals surface area contributed by atoms with Crippen molar-refractivity contribution >= 4 is 11.9 Å². The standard InChI is InChI=1S/C9H17NO4/c1-7(11)14-8(5-9(12)13)6-10(2,3)4/h8H,5-6H2,1-4H3/t8-/m1/s1/i2D3,3D3,4D3,8D. The molecule has 82 valence electrons. The predicted molar refractivity (Wildman–Crippen MR) is 48.1 cm³/mol. The Morgan fingerprint density at radius 2 is 2.14 bits per heavy atom. The number of carboxylic acid groups (broad SMARTS) is 1. The fourth-order valence-electron chi connectivity index (χ4n) is 0.753. The topological polar surface area (TPSA) is 66.4 Å². The van der Waals surface area contributed by atoms with Crippen LogP contribution in [0.3, 0.4) is 0 Å². The Hall–Kier alpha value is -1.10. The van der Waals surface area contributed by atoms with Crippen molar-refractivity contribution in [2.24, 2.45) is 0 Å². The van der Waals surface area contributed by atoms with E-state index < -0.39 is 56.4 Å². The minimum absolute atomic E-state index is 0.771. The van der Waals surface area contributed by atoms with Crippen LogP contribution < -0.4 is 5.11 Å². The van der Waals surface area contributed by atoms with E-state index in [0.717, 1.165) is 6.92 Å². The van der Waals surface area contributed by atoms with Crippen LogP contribution in [0.25, 0.3) is 0 Å². The average molecular weight is 213 g/mol. The van der Waals surface area contributed by atoms with Crippen molar-refractivity contribution in [3.8, 4) is 0 Å². The fraction of sp³-hybridized carbons (Fsp3) is 0.778. The summed E-state index contributed by atoms with van der Waals surface area (Å²) in [5.74, 6) is -3.17. The number of aliphatic carboxylic acids is 1. The molecule has 0 radical (unpaired) electrons. The Balaban J connectivity index is 6.45. The molecule has 5 nitrogen and oxygen atoms in total. The van der Waals surface area contributed by atoms with E-state index in [1.807, 2.05) is 0 Å². The van der Waals surface area contributed by atoms with Crippen molar-refractivity contribution in [1.82, 2.24) is 0 Å². The van der Waals surface area contributed by atoms with Crippen molar-refractivity contribution < 1.29 is 37.6 Å². The van der Waals surface area contributed by atoms with E-state index in [-0.39, 0.29) is 0 Å². The van der Waals surface area contributed by atoms with Crippen LogP contribution in [0.15, 0.2) is 0 Å². The number of carboxylic acids is 1. The minimum atomic E-state index is -3.70. The van der Waals surface area contributed by atoms with E-state index in [1.54, 1.807) is 0 Å². The SMILES string of the molecule is [2H]C([2H])([2H])[N+](C[C@@]([2H])(CC(=O)[O-])OC(C)=O)(C([2H])([2H])[2H])C([2H])([2H])[2H]. The lowest BCUT2D eigenvalue weighted by molar-refractivity contribution is -0.873. The van der Waals surface area contributed by atoms with E-state index in [2.05, 4.69) is 4.74 Å². The first-order valence-corrected chi connectivity index (χ1v) is 3.57. The van der Waals surface area contributed by atoms with Gasteiger partial charge in [-0.15, -0.1) is 0 Å². The number of ether oxygens (including phenoxy) is 1. The Labute approximate surface area is 97.9 Å². The van der Waals surface area contributed by atoms with Crippen molar-refractivity contribution in [2.45, 2.75) is 19.4 Å². The van der Waals surface area contributed by atoms with Crippen molar-refractivity contribution in [3.05, 3.63) is 0 Å². The number of rotatable bonds is 5. The number of hydrogen-bond acceptors (Lipinski definition) is 4. The first-order chi connectivity index (χ1) is 10.3. The lowest BCUT2D eigenvalue weighted by atomic mass is 10.2. The van der Waals surface area contributed by atoms with Crippen LogP contribution in [0.4, 0.5) is 0 Å². The molecule has 0 aliphatic carbocycles. The van der Waals surface area contributed by atoms with E-state index in [4.69, 9.17) is 13.7 Å². The molecule has 0 N–H and O–H groups in total. The third kappa shape index (κ3) is 7.54. The number of esters is 1. The largest absolute Gasteiger partial charge is 0.550 e. The van der Waals surface area contributed by atoms with Crippen molar-refractivity contribution in [2.75, 3.05) is 27.5 Å². The summed E-state index contributed by atoms with van der Waals surface area (Å²) in [7, 11) is 0. The zero-order chi connectivity index (χ0) is 19.8. The summed E-state index contributed by atoms with van der Waals surface area (Å²) < 4.78 is 76.2. The molecule has 0 unspecified atom stereocenters. The van der Waals surface area contributed by atoms with E-state index in [0.29, 0.717) is 0 Å². The minimum Gasteiger partial charge on any atom is -0.550 e. The van der Waals surface area contributed by atoms with Crippen LogP contribution in [0, 0.1) is 0 Å². The fourth-order valence-corrected chi connectivity index (χ4v) is 0.753. The second-order valence-corrected chi connectivity index (χ2v) is 2.65. The van der Waals surface area contributed by atoms with Gasteiger partial charge in [0.2, 0.25) is 0 Å². The predicted octanol–water partition coefficient (Wildman–Crippen LogP) is -1.24. The van der Waals surface area contributed by atoms with Crippen LogP contribution in [0.2, 0.25) is 0 Å². The summed E-state index contributed by atoms with van der Waals surface area (Å²) >= 11 is 0. The monoisotopic (exact) mass is 213 g/mol. The Morgan fingerprint density at radius 1 is 1.57 bits per heavy atom. The molecule has 0 fully saturated rings. The lowest BCUT2D eigenvalue weighted by Gasteiger charge is -2.28. The summed E-state index contributed by atoms with van der Waals surface area (Å²) in [5, 5.41) is 10.8. The normalized spacial score (nSPS) is 28.9. The van der Waals surface area contributed by atoms with E-state index in [1.165, 1.54) is 0 Å². The van der Waals surface area contributed by atoms with Crippen LogP contribution in [-0.4, -0.2) is 50.0 Å². The number of carbonyl (C=O) groups is 2. The molecule has 0 rings (SSSR count). The number of nitrogens with zero attached hydrogens (tertiary/aromatic N) is 1. The number of hydrogen-bond donors (Lipinski definition) is 0. The molecule has 0 spiro atoms. The molecule has 0 aliphatic heterocycles. The molecular weight excluding hydrogens is 186 g/mol. The first-order valence-electron chi connectivity index (χ1n) is 8.57. The van der Waals surface area contributed by atoms with Gasteiger partial charge in [-0.3, -0.25) is 4.79 Å². The van der Waals surface area contributed by atoms with Gasteiger partial charge in [0.15, 0.2) is 6.08 Å². The summed E-state index contributed by atoms with van der Waals surface area (Å²) in [6, 6.07) is 0. The maximum Gasteiger partial charge on any atom is 0.303 e. The molecule has 0 saturated heterocycles. The lowest BCUT2D eigenvalue weighted by Crippen LogP contribution is -2.45. The Kier molecular flexibility index (Phi) is 1.35. The van der Waals surface area contributed by atoms with Crippen LogP contribution in [-0.2, 0) is 14.3 Å². The smallest absolute Gasteiger partial charge is 0.303 e. The highest BCUT2D eigenvalue weighted by Gasteiger charge is 2.20. The van der Waals surface area contributed by atoms with Gasteiger partial charge in [-0.05, 0) is 0 Å². The summed E-state index contributed by atoms with van der Waals surface area (Å²) in [4.78, 5) is 21.9. The second-order valence-electron chi connectivity index (χ2n) is 2.65. The number of carbonyl (C=O) groups excluding carboxylic acids is 2. The molecule has 0 amide bonds. The zero-order valence-corrected chi connectivity index (χ0v) is 7.49. The van der Waals surface area contributed by atoms with Gasteiger partial charge in [-0.2, -0.15) is 0 Å². The van der Waals surface area contributed by atoms with Gasteiger partial charge in [0, 0.05) is 19.3 Å². The molecule has 1 atom stereocenters. The highest BCUT2D eigenvalue weighted by molar-refractivity contribution is 5.68. The van der Waals surface area contributed by atoms with Crippen molar-refractivity contribution in [3.63, 3.8) is 0 Å². The molecule has 0 aromatic carbocycles. The maximum atomic E-state index is 11.1. The van der Waals surface area contributed by atoms with Gasteiger partial charge in [0.25, 0.3) is 0 Å². The van der Waals surface area contributed by atoms with Gasteiger partial charge in [0.1, 0.15) is 6.54 Å². The quantitative estimate of drug-likeness (QED) is 0.423. The van der Waals surface area contributed by atoms with Gasteiger partial charge >= 0.3 is 5.97 Å². The van der Waals surface area contributed by atoms with Gasteiger partial charge in [-0.1, -0.05) is 0 Å². The molecule has 5 heteroatoms. The third-order valence-corrected chi connectivity index (χ3v) is 1.04. The molecule has 0 heterocycles. The number of likely N-dealkylation sites (N-methyl/N-ethyl adjacent to an activating group) is 1. The Bertz CT molecular complexity index is 442. The van der Waals surface area contributed by atoms with Gasteiger partial charge < -0.3 is 19.1 Å². The third-order valence-electron chi connectivity index (χ3n) is 1.04. The molecule has 0 aromatic rings. The highest BCUT2D eigenvalue weighted by atomic mass is 16.5. The molecule has 0 saturated carbocycles. The molecular formula is C9H17NO4. The zero-order valence-electron chi connectivity index (χ0n) is 17.5. The molecule has 14 heavy (non-hydrogen) atoms. The second kappa shape index (κ2) is 4.95. The van der Waals surface area contributed by atoms with E-state index in [9.17, 15) is 14.7 Å². The molecule has 0 aromatic heterocycles. The summed E-state index contributed by atoms with van der Waals surface area (Å²) in [6.45, 7) is -12.0. The van der Waals surface area contributed by atoms with Gasteiger partial charge in [-0.25, -0.2) is 0 Å². The Morgan fingerprint density at radius 3 is 2.50 bits per heavy atom. The van der Waals surface area contributed by atoms with E-state index >= 15 is 0 Å². The summed E-state index contributed by atoms with van der Waals surface area (Å²) in [5.41, 5.74) is 0. The number of quaternary nitrogens is 1. The van der Waals surface area contributed by atoms with Gasteiger partial charge in [0.05, 0.1) is 34.6 Å². The maximum absolute atomic E-state index is 11.1. The average Bonchev–Trinajstić information content (AvgIpc) is 2.17.